The second-order valence-corrected chi connectivity index (χ2v) is 4.24. The van der Waals surface area contributed by atoms with Gasteiger partial charge in [0.25, 0.3) is 0 Å². The van der Waals surface area contributed by atoms with Crippen LogP contribution in [0.2, 0.25) is 0 Å². The molecule has 6 heteroatoms. The number of pyridine rings is 1. The number of nitrogens with two attached hydrogens (primary N) is 1. The van der Waals surface area contributed by atoms with Crippen LogP contribution in [-0.2, 0) is 0 Å². The predicted molar refractivity (Wildman–Crippen MR) is 71.3 cm³/mol. The Morgan fingerprint density at radius 2 is 1.84 bits per heavy atom. The number of nitro groups is 1. The van der Waals surface area contributed by atoms with Gasteiger partial charge < -0.3 is 10.5 Å². The van der Waals surface area contributed by atoms with Crippen molar-refractivity contribution in [3.05, 3.63) is 51.6 Å². The molecule has 2 rings (SSSR count). The van der Waals surface area contributed by atoms with Crippen LogP contribution in [0.5, 0.6) is 11.6 Å². The van der Waals surface area contributed by atoms with E-state index in [-0.39, 0.29) is 17.4 Å². The molecule has 1 heterocycles. The van der Waals surface area contributed by atoms with Crippen LogP contribution in [0, 0.1) is 24.0 Å². The van der Waals surface area contributed by atoms with E-state index in [0.29, 0.717) is 5.75 Å². The van der Waals surface area contributed by atoms with E-state index in [0.717, 1.165) is 11.1 Å². The lowest BCUT2D eigenvalue weighted by molar-refractivity contribution is -0.386. The standard InChI is InChI=1S/C13H13N3O3/c1-8-5-9(2)7-10(6-8)19-13-11(16(17)18)3-4-12(14)15-13/h3-7H,1-2H3,(H2,14,15). The smallest absolute Gasteiger partial charge is 0.331 e. The first-order valence-electron chi connectivity index (χ1n) is 5.63. The number of anilines is 1. The summed E-state index contributed by atoms with van der Waals surface area (Å²) in [4.78, 5) is 14.2. The summed E-state index contributed by atoms with van der Waals surface area (Å²) in [6.07, 6.45) is 0. The maximum Gasteiger partial charge on any atom is 0.331 e. The van der Waals surface area contributed by atoms with Gasteiger partial charge in [-0.2, -0.15) is 4.98 Å². The number of nitrogen functional groups attached to an aromatic ring is 1. The van der Waals surface area contributed by atoms with Crippen LogP contribution in [0.3, 0.4) is 0 Å². The highest BCUT2D eigenvalue weighted by Crippen LogP contribution is 2.30. The van der Waals surface area contributed by atoms with E-state index in [4.69, 9.17) is 10.5 Å². The highest BCUT2D eigenvalue weighted by atomic mass is 16.6. The average Bonchev–Trinajstić information content (AvgIpc) is 2.26. The SMILES string of the molecule is Cc1cc(C)cc(Oc2nc(N)ccc2[N+](=O)[O-])c1. The van der Waals surface area contributed by atoms with Gasteiger partial charge in [0.15, 0.2) is 0 Å². The quantitative estimate of drug-likeness (QED) is 0.675. The number of aryl methyl sites for hydroxylation is 2. The molecule has 0 atom stereocenters. The summed E-state index contributed by atoms with van der Waals surface area (Å²) in [5, 5.41) is 10.9. The molecule has 0 aliphatic rings. The molecule has 19 heavy (non-hydrogen) atoms. The molecule has 98 valence electrons. The molecule has 6 nitrogen and oxygen atoms in total. The maximum absolute atomic E-state index is 10.9. The molecular weight excluding hydrogens is 246 g/mol. The number of benzene rings is 1. The Morgan fingerprint density at radius 3 is 2.42 bits per heavy atom. The van der Waals surface area contributed by atoms with E-state index in [1.165, 1.54) is 12.1 Å². The van der Waals surface area contributed by atoms with Crippen molar-refractivity contribution >= 4 is 11.5 Å². The van der Waals surface area contributed by atoms with Crippen LogP contribution in [0.1, 0.15) is 11.1 Å². The number of hydrogen-bond acceptors (Lipinski definition) is 5. The molecule has 1 aromatic heterocycles. The lowest BCUT2D eigenvalue weighted by atomic mass is 10.1. The molecule has 0 saturated carbocycles. The number of aromatic nitrogens is 1. The van der Waals surface area contributed by atoms with Crippen molar-refractivity contribution in [3.63, 3.8) is 0 Å². The van der Waals surface area contributed by atoms with Gasteiger partial charge in [-0.15, -0.1) is 0 Å². The third-order valence-corrected chi connectivity index (χ3v) is 2.47. The summed E-state index contributed by atoms with van der Waals surface area (Å²) in [6, 6.07) is 8.18. The maximum atomic E-state index is 10.9. The van der Waals surface area contributed by atoms with Gasteiger partial charge in [0.05, 0.1) is 4.92 Å². The highest BCUT2D eigenvalue weighted by Gasteiger charge is 2.18. The zero-order chi connectivity index (χ0) is 14.0. The molecule has 2 aromatic rings. The van der Waals surface area contributed by atoms with Crippen LogP contribution in [0.4, 0.5) is 11.5 Å². The van der Waals surface area contributed by atoms with Gasteiger partial charge in [0.1, 0.15) is 11.6 Å². The van der Waals surface area contributed by atoms with Crippen molar-refractivity contribution in [1.29, 1.82) is 0 Å². The second-order valence-electron chi connectivity index (χ2n) is 4.24. The molecule has 0 fully saturated rings. The zero-order valence-electron chi connectivity index (χ0n) is 10.6. The van der Waals surface area contributed by atoms with Crippen LogP contribution < -0.4 is 10.5 Å². The molecule has 0 aliphatic carbocycles. The minimum Gasteiger partial charge on any atom is -0.434 e. The minimum absolute atomic E-state index is 0.102. The van der Waals surface area contributed by atoms with Crippen LogP contribution >= 0.6 is 0 Å². The monoisotopic (exact) mass is 259 g/mol. The van der Waals surface area contributed by atoms with Crippen molar-refractivity contribution in [1.82, 2.24) is 4.98 Å². The number of rotatable bonds is 3. The Morgan fingerprint density at radius 1 is 1.21 bits per heavy atom. The van der Waals surface area contributed by atoms with Crippen LogP contribution in [-0.4, -0.2) is 9.91 Å². The van der Waals surface area contributed by atoms with Gasteiger partial charge >= 0.3 is 11.6 Å². The second kappa shape index (κ2) is 4.93. The average molecular weight is 259 g/mol. The summed E-state index contributed by atoms with van der Waals surface area (Å²) in [7, 11) is 0. The van der Waals surface area contributed by atoms with Gasteiger partial charge in [-0.05, 0) is 43.2 Å². The molecular formula is C13H13N3O3. The minimum atomic E-state index is -0.551. The van der Waals surface area contributed by atoms with E-state index in [1.807, 2.05) is 19.9 Å². The largest absolute Gasteiger partial charge is 0.434 e. The summed E-state index contributed by atoms with van der Waals surface area (Å²) < 4.78 is 5.48. The fraction of sp³-hybridized carbons (Fsp3) is 0.154. The fourth-order valence-corrected chi connectivity index (χ4v) is 1.76. The van der Waals surface area contributed by atoms with E-state index < -0.39 is 4.92 Å². The van der Waals surface area contributed by atoms with Crippen molar-refractivity contribution in [3.8, 4) is 11.6 Å². The van der Waals surface area contributed by atoms with Gasteiger partial charge in [0.2, 0.25) is 0 Å². The summed E-state index contributed by atoms with van der Waals surface area (Å²) in [6.45, 7) is 3.84. The molecule has 0 aliphatic heterocycles. The topological polar surface area (TPSA) is 91.3 Å². The van der Waals surface area contributed by atoms with Crippen LogP contribution in [0.25, 0.3) is 0 Å². The Hall–Kier alpha value is -2.63. The first-order valence-corrected chi connectivity index (χ1v) is 5.63. The Labute approximate surface area is 110 Å². The van der Waals surface area contributed by atoms with E-state index in [9.17, 15) is 10.1 Å². The van der Waals surface area contributed by atoms with Gasteiger partial charge in [0, 0.05) is 6.07 Å². The Kier molecular flexibility index (Phi) is 3.33. The molecule has 1 aromatic carbocycles. The number of nitrogens with zero attached hydrogens (tertiary/aromatic N) is 2. The molecule has 0 saturated heterocycles. The third kappa shape index (κ3) is 2.98. The van der Waals surface area contributed by atoms with Crippen molar-refractivity contribution in [2.45, 2.75) is 13.8 Å². The van der Waals surface area contributed by atoms with E-state index >= 15 is 0 Å². The number of ether oxygens (including phenoxy) is 1. The lowest BCUT2D eigenvalue weighted by Gasteiger charge is -2.07. The molecule has 0 bridgehead atoms. The normalized spacial score (nSPS) is 10.2. The van der Waals surface area contributed by atoms with Gasteiger partial charge in [-0.25, -0.2) is 0 Å². The lowest BCUT2D eigenvalue weighted by Crippen LogP contribution is -1.99. The first-order chi connectivity index (χ1) is 8.95. The predicted octanol–water partition coefficient (Wildman–Crippen LogP) is 2.98. The van der Waals surface area contributed by atoms with E-state index in [1.54, 1.807) is 12.1 Å². The van der Waals surface area contributed by atoms with Crippen LogP contribution in [0.15, 0.2) is 30.3 Å². The molecule has 0 spiro atoms. The van der Waals surface area contributed by atoms with Crippen molar-refractivity contribution < 1.29 is 9.66 Å². The molecule has 0 radical (unpaired) electrons. The fourth-order valence-electron chi connectivity index (χ4n) is 1.76. The summed E-state index contributed by atoms with van der Waals surface area (Å²) in [5.41, 5.74) is 7.32. The van der Waals surface area contributed by atoms with Crippen molar-refractivity contribution in [2.24, 2.45) is 0 Å². The molecule has 2 N–H and O–H groups in total. The first kappa shape index (κ1) is 12.8. The van der Waals surface area contributed by atoms with Gasteiger partial charge in [-0.3, -0.25) is 10.1 Å². The Bertz CT molecular complexity index is 621. The van der Waals surface area contributed by atoms with E-state index in [2.05, 4.69) is 4.98 Å². The van der Waals surface area contributed by atoms with Crippen molar-refractivity contribution in [2.75, 3.05) is 5.73 Å². The third-order valence-electron chi connectivity index (χ3n) is 2.47. The molecule has 0 unspecified atom stereocenters. The van der Waals surface area contributed by atoms with Gasteiger partial charge in [-0.1, -0.05) is 6.07 Å². The molecule has 0 amide bonds. The number of hydrogen-bond donors (Lipinski definition) is 1. The summed E-state index contributed by atoms with van der Waals surface area (Å²) >= 11 is 0. The Balaban J connectivity index is 2.42. The highest BCUT2D eigenvalue weighted by molar-refractivity contribution is 5.49. The summed E-state index contributed by atoms with van der Waals surface area (Å²) in [5.74, 6) is 0.568. The zero-order valence-corrected chi connectivity index (χ0v) is 10.6.